The van der Waals surface area contributed by atoms with E-state index in [4.69, 9.17) is 11.6 Å². The number of aromatic amines is 1. The predicted molar refractivity (Wildman–Crippen MR) is 122 cm³/mol. The average Bonchev–Trinajstić information content (AvgIpc) is 3.44. The van der Waals surface area contributed by atoms with Gasteiger partial charge in [-0.3, -0.25) is 14.6 Å². The molecule has 32 heavy (non-hydrogen) atoms. The van der Waals surface area contributed by atoms with E-state index >= 15 is 0 Å². The molecule has 1 aromatic heterocycles. The summed E-state index contributed by atoms with van der Waals surface area (Å²) in [7, 11) is 1.83. The molecule has 4 heterocycles. The number of carbonyl (C=O) groups excluding carboxylic acids is 1. The third kappa shape index (κ3) is 3.49. The van der Waals surface area contributed by atoms with E-state index in [-0.39, 0.29) is 17.6 Å². The van der Waals surface area contributed by atoms with Crippen LogP contribution in [0, 0.1) is 0 Å². The maximum Gasteiger partial charge on any atom is 0.255 e. The second kappa shape index (κ2) is 8.06. The normalized spacial score (nSPS) is 22.6. The Bertz CT molecular complexity index is 1260. The van der Waals surface area contributed by atoms with E-state index in [9.17, 15) is 9.59 Å². The number of hydrogen-bond donors (Lipinski definition) is 5. The SMILES string of the molecule is CN1C(c2cccc3c(=O)[nH]ccc23)=NCC1C(=O)NC1=CNC(N2NC=CN2)C(Cl)=C1. The van der Waals surface area contributed by atoms with Crippen molar-refractivity contribution in [3.05, 3.63) is 81.8 Å². The highest BCUT2D eigenvalue weighted by Gasteiger charge is 2.33. The van der Waals surface area contributed by atoms with Crippen molar-refractivity contribution in [2.75, 3.05) is 13.6 Å². The van der Waals surface area contributed by atoms with Crippen LogP contribution in [0.3, 0.4) is 0 Å². The van der Waals surface area contributed by atoms with Crippen LogP contribution in [0.4, 0.5) is 0 Å². The van der Waals surface area contributed by atoms with E-state index in [1.807, 2.05) is 30.1 Å². The topological polar surface area (TPSA) is 117 Å². The Balaban J connectivity index is 1.29. The fourth-order valence-electron chi connectivity index (χ4n) is 3.94. The van der Waals surface area contributed by atoms with E-state index < -0.39 is 6.04 Å². The maximum absolute atomic E-state index is 13.0. The number of dihydropyridines is 1. The lowest BCUT2D eigenvalue weighted by atomic mass is 10.0. The molecule has 0 bridgehead atoms. The molecule has 5 N–H and O–H groups in total. The van der Waals surface area contributed by atoms with Gasteiger partial charge in [0.15, 0.2) is 6.17 Å². The summed E-state index contributed by atoms with van der Waals surface area (Å²) in [6.45, 7) is 0.311. The Morgan fingerprint density at radius 1 is 1.22 bits per heavy atom. The van der Waals surface area contributed by atoms with Gasteiger partial charge in [-0.25, -0.2) is 0 Å². The number of amides is 1. The first-order valence-corrected chi connectivity index (χ1v) is 10.4. The summed E-state index contributed by atoms with van der Waals surface area (Å²) in [5.41, 5.74) is 7.20. The van der Waals surface area contributed by atoms with Gasteiger partial charge in [0.25, 0.3) is 5.56 Å². The van der Waals surface area contributed by atoms with Gasteiger partial charge in [-0.1, -0.05) is 23.7 Å². The van der Waals surface area contributed by atoms with Crippen molar-refractivity contribution in [1.29, 1.82) is 0 Å². The van der Waals surface area contributed by atoms with Gasteiger partial charge in [-0.05, 0) is 23.6 Å². The molecule has 11 heteroatoms. The number of fused-ring (bicyclic) bond motifs is 1. The number of nitrogens with one attached hydrogen (secondary N) is 5. The number of benzene rings is 1. The molecule has 10 nitrogen and oxygen atoms in total. The molecule has 1 aromatic carbocycles. The number of nitrogens with zero attached hydrogens (tertiary/aromatic N) is 3. The van der Waals surface area contributed by atoms with Gasteiger partial charge in [-0.2, -0.15) is 0 Å². The minimum absolute atomic E-state index is 0.159. The van der Waals surface area contributed by atoms with Crippen LogP contribution in [0.1, 0.15) is 5.56 Å². The molecule has 3 aliphatic heterocycles. The largest absolute Gasteiger partial charge is 0.367 e. The summed E-state index contributed by atoms with van der Waals surface area (Å²) in [6.07, 6.45) is 8.19. The zero-order valence-corrected chi connectivity index (χ0v) is 17.8. The monoisotopic (exact) mass is 452 g/mol. The zero-order valence-electron chi connectivity index (χ0n) is 17.1. The lowest BCUT2D eigenvalue weighted by Crippen LogP contribution is -2.53. The van der Waals surface area contributed by atoms with Crippen LogP contribution in [0.2, 0.25) is 0 Å². The summed E-state index contributed by atoms with van der Waals surface area (Å²) in [6, 6.07) is 6.85. The Labute approximate surface area is 188 Å². The zero-order chi connectivity index (χ0) is 22.2. The lowest BCUT2D eigenvalue weighted by Gasteiger charge is -2.30. The summed E-state index contributed by atoms with van der Waals surface area (Å²) in [4.78, 5) is 34.3. The predicted octanol–water partition coefficient (Wildman–Crippen LogP) is 0.394. The number of hydrazine groups is 2. The van der Waals surface area contributed by atoms with E-state index in [1.54, 1.807) is 42.1 Å². The van der Waals surface area contributed by atoms with Crippen molar-refractivity contribution in [2.24, 2.45) is 4.99 Å². The van der Waals surface area contributed by atoms with Gasteiger partial charge in [0.05, 0.1) is 17.3 Å². The summed E-state index contributed by atoms with van der Waals surface area (Å²) in [5, 5.41) is 9.61. The lowest BCUT2D eigenvalue weighted by molar-refractivity contribution is -0.123. The van der Waals surface area contributed by atoms with Gasteiger partial charge in [0.2, 0.25) is 5.91 Å². The second-order valence-corrected chi connectivity index (χ2v) is 7.95. The molecule has 2 atom stereocenters. The van der Waals surface area contributed by atoms with Gasteiger partial charge in [-0.15, -0.1) is 5.12 Å². The first kappa shape index (κ1) is 20.2. The maximum atomic E-state index is 13.0. The van der Waals surface area contributed by atoms with Gasteiger partial charge < -0.3 is 31.4 Å². The Hall–Kier alpha value is -3.76. The summed E-state index contributed by atoms with van der Waals surface area (Å²) in [5.74, 6) is 0.472. The summed E-state index contributed by atoms with van der Waals surface area (Å²) < 4.78 is 0. The van der Waals surface area contributed by atoms with Gasteiger partial charge in [0.1, 0.15) is 11.9 Å². The molecule has 0 spiro atoms. The smallest absolute Gasteiger partial charge is 0.255 e. The number of hydrogen-bond acceptors (Lipinski definition) is 8. The highest BCUT2D eigenvalue weighted by atomic mass is 35.5. The first-order chi connectivity index (χ1) is 15.5. The van der Waals surface area contributed by atoms with E-state index in [0.717, 1.165) is 10.9 Å². The number of allylic oxidation sites excluding steroid dienone is 1. The first-order valence-electron chi connectivity index (χ1n) is 10.0. The molecule has 0 radical (unpaired) electrons. The third-order valence-electron chi connectivity index (χ3n) is 5.56. The number of pyridine rings is 1. The van der Waals surface area contributed by atoms with Crippen molar-refractivity contribution >= 4 is 34.1 Å². The van der Waals surface area contributed by atoms with Gasteiger partial charge in [0, 0.05) is 42.8 Å². The molecule has 0 aliphatic carbocycles. The van der Waals surface area contributed by atoms with Crippen LogP contribution >= 0.6 is 11.6 Å². The van der Waals surface area contributed by atoms with Crippen LogP contribution in [0.25, 0.3) is 10.8 Å². The third-order valence-corrected chi connectivity index (χ3v) is 5.88. The van der Waals surface area contributed by atoms with Gasteiger partial charge >= 0.3 is 0 Å². The molecular weight excluding hydrogens is 432 g/mol. The van der Waals surface area contributed by atoms with E-state index in [1.165, 1.54) is 0 Å². The van der Waals surface area contributed by atoms with Crippen LogP contribution in [0.5, 0.6) is 0 Å². The molecule has 2 aromatic rings. The molecule has 0 saturated carbocycles. The fourth-order valence-corrected chi connectivity index (χ4v) is 4.22. The van der Waals surface area contributed by atoms with Crippen molar-refractivity contribution in [1.82, 2.24) is 36.5 Å². The highest BCUT2D eigenvalue weighted by molar-refractivity contribution is 6.30. The number of likely N-dealkylation sites (N-methyl/N-ethyl adjacent to an activating group) is 1. The van der Waals surface area contributed by atoms with Crippen LogP contribution in [-0.4, -0.2) is 52.5 Å². The molecular formula is C21H21ClN8O2. The molecule has 164 valence electrons. The number of H-pyrrole nitrogens is 1. The van der Waals surface area contributed by atoms with E-state index in [0.29, 0.717) is 28.5 Å². The quantitative estimate of drug-likeness (QED) is 0.455. The number of rotatable bonds is 4. The van der Waals surface area contributed by atoms with Crippen molar-refractivity contribution in [3.63, 3.8) is 0 Å². The fraction of sp³-hybridized carbons (Fsp3) is 0.190. The number of halogens is 1. The Kier molecular flexibility index (Phi) is 5.08. The minimum Gasteiger partial charge on any atom is -0.367 e. The molecule has 1 amide bonds. The number of amidine groups is 1. The van der Waals surface area contributed by atoms with Crippen LogP contribution < -0.4 is 27.0 Å². The number of aliphatic imine (C=N–C) groups is 1. The Morgan fingerprint density at radius 2 is 2.03 bits per heavy atom. The second-order valence-electron chi connectivity index (χ2n) is 7.51. The molecule has 0 fully saturated rings. The molecule has 5 rings (SSSR count). The molecule has 2 unspecified atom stereocenters. The molecule has 0 saturated heterocycles. The minimum atomic E-state index is -0.487. The van der Waals surface area contributed by atoms with Crippen molar-refractivity contribution < 1.29 is 4.79 Å². The van der Waals surface area contributed by atoms with Crippen LogP contribution in [0.15, 0.2) is 75.7 Å². The van der Waals surface area contributed by atoms with Crippen LogP contribution in [-0.2, 0) is 4.79 Å². The number of carbonyl (C=O) groups is 1. The average molecular weight is 453 g/mol. The number of aromatic nitrogens is 1. The molecule has 3 aliphatic rings. The van der Waals surface area contributed by atoms with E-state index in [2.05, 4.69) is 31.5 Å². The van der Waals surface area contributed by atoms with Crippen molar-refractivity contribution in [2.45, 2.75) is 12.2 Å². The summed E-state index contributed by atoms with van der Waals surface area (Å²) >= 11 is 6.40. The van der Waals surface area contributed by atoms with Crippen molar-refractivity contribution in [3.8, 4) is 0 Å². The standard InChI is InChI=1S/C21H21ClN8O2/c1-29-17(11-25-18(29)14-3-2-4-15-13(14)5-6-23-20(15)31)21(32)28-12-9-16(22)19(24-10-12)30-26-7-8-27-30/h2-10,17,19,24,26-27H,11H2,1H3,(H,23,31)(H,28,32). The highest BCUT2D eigenvalue weighted by Crippen LogP contribution is 2.22. The Morgan fingerprint density at radius 3 is 2.81 bits per heavy atom.